The van der Waals surface area contributed by atoms with E-state index < -0.39 is 0 Å². The van der Waals surface area contributed by atoms with Crippen LogP contribution in [0.4, 0.5) is 0 Å². The number of carbonyl (C=O) groups excluding carboxylic acids is 1. The summed E-state index contributed by atoms with van der Waals surface area (Å²) in [6.45, 7) is 5.40. The van der Waals surface area contributed by atoms with Gasteiger partial charge in [0, 0.05) is 25.6 Å². The van der Waals surface area contributed by atoms with E-state index >= 15 is 0 Å². The molecule has 1 aromatic rings. The zero-order valence-electron chi connectivity index (χ0n) is 15.1. The lowest BCUT2D eigenvalue weighted by atomic mass is 9.80. The highest BCUT2D eigenvalue weighted by Gasteiger charge is 2.36. The van der Waals surface area contributed by atoms with E-state index in [1.807, 2.05) is 0 Å². The summed E-state index contributed by atoms with van der Waals surface area (Å²) in [5.41, 5.74) is 1.36. The molecule has 0 aromatic heterocycles. The molecule has 2 heterocycles. The summed E-state index contributed by atoms with van der Waals surface area (Å²) in [6.07, 6.45) is 6.19. The monoisotopic (exact) mass is 342 g/mol. The molecule has 2 aliphatic heterocycles. The molecule has 0 radical (unpaired) electrons. The zero-order chi connectivity index (χ0) is 17.1. The highest BCUT2D eigenvalue weighted by molar-refractivity contribution is 5.79. The second-order valence-electron chi connectivity index (χ2n) is 7.92. The lowest BCUT2D eigenvalue weighted by molar-refractivity contribution is -0.148. The minimum atomic E-state index is 0.215. The van der Waals surface area contributed by atoms with Gasteiger partial charge >= 0.3 is 0 Å². The van der Waals surface area contributed by atoms with Crippen LogP contribution in [0.15, 0.2) is 30.3 Å². The number of piperidine rings is 1. The minimum absolute atomic E-state index is 0.215. The van der Waals surface area contributed by atoms with Crippen LogP contribution in [0.3, 0.4) is 0 Å². The Balaban J connectivity index is 1.26. The fourth-order valence-electron chi connectivity index (χ4n) is 4.41. The molecule has 2 saturated heterocycles. The van der Waals surface area contributed by atoms with Gasteiger partial charge < -0.3 is 9.64 Å². The molecule has 1 unspecified atom stereocenters. The highest BCUT2D eigenvalue weighted by atomic mass is 16.5. The Bertz CT molecular complexity index is 565. The molecule has 136 valence electrons. The first-order valence-electron chi connectivity index (χ1n) is 9.96. The van der Waals surface area contributed by atoms with Crippen LogP contribution in [0.2, 0.25) is 0 Å². The highest BCUT2D eigenvalue weighted by Crippen LogP contribution is 2.33. The molecule has 0 bridgehead atoms. The van der Waals surface area contributed by atoms with Gasteiger partial charge in [-0.15, -0.1) is 0 Å². The number of benzene rings is 1. The summed E-state index contributed by atoms with van der Waals surface area (Å²) in [6, 6.07) is 10.6. The molecule has 1 saturated carbocycles. The number of rotatable bonds is 4. The van der Waals surface area contributed by atoms with Gasteiger partial charge in [0.25, 0.3) is 0 Å². The van der Waals surface area contributed by atoms with Crippen LogP contribution in [0.5, 0.6) is 0 Å². The number of hydrogen-bond acceptors (Lipinski definition) is 3. The molecular weight excluding hydrogens is 312 g/mol. The molecule has 4 nitrogen and oxygen atoms in total. The van der Waals surface area contributed by atoms with Crippen LogP contribution < -0.4 is 0 Å². The van der Waals surface area contributed by atoms with Crippen molar-refractivity contribution < 1.29 is 9.53 Å². The second-order valence-corrected chi connectivity index (χ2v) is 7.92. The third-order valence-electron chi connectivity index (χ3n) is 6.27. The Kier molecular flexibility index (Phi) is 5.37. The summed E-state index contributed by atoms with van der Waals surface area (Å²) in [4.78, 5) is 17.5. The molecular formula is C21H30N2O2. The van der Waals surface area contributed by atoms with E-state index in [4.69, 9.17) is 4.74 Å². The Hall–Kier alpha value is -1.39. The molecule has 1 aromatic carbocycles. The van der Waals surface area contributed by atoms with Crippen LogP contribution in [0, 0.1) is 11.8 Å². The first kappa shape index (κ1) is 17.0. The number of morpholine rings is 1. The summed E-state index contributed by atoms with van der Waals surface area (Å²) < 4.78 is 5.93. The summed E-state index contributed by atoms with van der Waals surface area (Å²) in [5, 5.41) is 0. The normalized spacial score (nSPS) is 26.4. The number of hydrogen-bond donors (Lipinski definition) is 0. The summed E-state index contributed by atoms with van der Waals surface area (Å²) >= 11 is 0. The van der Waals surface area contributed by atoms with Gasteiger partial charge in [-0.1, -0.05) is 36.8 Å². The van der Waals surface area contributed by atoms with Crippen molar-refractivity contribution in [2.24, 2.45) is 11.8 Å². The van der Waals surface area contributed by atoms with Gasteiger partial charge in [0.15, 0.2) is 0 Å². The van der Waals surface area contributed by atoms with Crippen molar-refractivity contribution in [3.8, 4) is 0 Å². The number of ether oxygens (including phenoxy) is 1. The van der Waals surface area contributed by atoms with Crippen molar-refractivity contribution in [1.29, 1.82) is 0 Å². The Labute approximate surface area is 151 Å². The summed E-state index contributed by atoms with van der Waals surface area (Å²) in [7, 11) is 0. The van der Waals surface area contributed by atoms with E-state index in [0.717, 1.165) is 52.2 Å². The molecule has 4 heteroatoms. The maximum Gasteiger partial charge on any atom is 0.225 e. The molecule has 0 spiro atoms. The SMILES string of the molecule is O=C(C1CCN(Cc2ccccc2)CC1)N1CCOC(C2CCC2)C1. The van der Waals surface area contributed by atoms with Crippen molar-refractivity contribution in [3.63, 3.8) is 0 Å². The average molecular weight is 342 g/mol. The first-order chi connectivity index (χ1) is 12.3. The number of carbonyl (C=O) groups is 1. The maximum atomic E-state index is 12.9. The molecule has 3 aliphatic rings. The van der Waals surface area contributed by atoms with E-state index in [9.17, 15) is 4.79 Å². The van der Waals surface area contributed by atoms with E-state index in [1.54, 1.807) is 0 Å². The van der Waals surface area contributed by atoms with Crippen molar-refractivity contribution in [2.45, 2.75) is 44.8 Å². The van der Waals surface area contributed by atoms with E-state index in [-0.39, 0.29) is 5.92 Å². The van der Waals surface area contributed by atoms with Crippen LogP contribution in [-0.4, -0.2) is 54.6 Å². The first-order valence-corrected chi connectivity index (χ1v) is 9.96. The van der Waals surface area contributed by atoms with E-state index in [0.29, 0.717) is 17.9 Å². The number of nitrogens with zero attached hydrogens (tertiary/aromatic N) is 2. The quantitative estimate of drug-likeness (QED) is 0.843. The van der Waals surface area contributed by atoms with Crippen molar-refractivity contribution in [2.75, 3.05) is 32.8 Å². The average Bonchev–Trinajstić information content (AvgIpc) is 2.61. The molecule has 4 rings (SSSR count). The third kappa shape index (κ3) is 4.06. The van der Waals surface area contributed by atoms with E-state index in [1.165, 1.54) is 24.8 Å². The standard InChI is InChI=1S/C21H30N2O2/c24-21(23-13-14-25-20(16-23)18-7-4-8-18)19-9-11-22(12-10-19)15-17-5-2-1-3-6-17/h1-3,5-6,18-20H,4,7-16H2. The largest absolute Gasteiger partial charge is 0.374 e. The third-order valence-corrected chi connectivity index (χ3v) is 6.27. The lowest BCUT2D eigenvalue weighted by Gasteiger charge is -2.42. The van der Waals surface area contributed by atoms with E-state index in [2.05, 4.69) is 40.1 Å². The Morgan fingerprint density at radius 3 is 2.48 bits per heavy atom. The van der Waals surface area contributed by atoms with Crippen molar-refractivity contribution >= 4 is 5.91 Å². The van der Waals surface area contributed by atoms with Gasteiger partial charge in [0.05, 0.1) is 12.7 Å². The number of amides is 1. The number of likely N-dealkylation sites (tertiary alicyclic amines) is 1. The predicted molar refractivity (Wildman–Crippen MR) is 98.1 cm³/mol. The predicted octanol–water partition coefficient (Wildman–Crippen LogP) is 2.93. The van der Waals surface area contributed by atoms with Gasteiger partial charge in [-0.3, -0.25) is 9.69 Å². The topological polar surface area (TPSA) is 32.8 Å². The van der Waals surface area contributed by atoms with Crippen LogP contribution >= 0.6 is 0 Å². The van der Waals surface area contributed by atoms with Crippen LogP contribution in [0.25, 0.3) is 0 Å². The van der Waals surface area contributed by atoms with Crippen LogP contribution in [-0.2, 0) is 16.1 Å². The zero-order valence-corrected chi connectivity index (χ0v) is 15.1. The van der Waals surface area contributed by atoms with Gasteiger partial charge in [0.1, 0.15) is 0 Å². The second kappa shape index (κ2) is 7.88. The molecule has 25 heavy (non-hydrogen) atoms. The smallest absolute Gasteiger partial charge is 0.225 e. The van der Waals surface area contributed by atoms with Crippen molar-refractivity contribution in [1.82, 2.24) is 9.80 Å². The van der Waals surface area contributed by atoms with Crippen molar-refractivity contribution in [3.05, 3.63) is 35.9 Å². The minimum Gasteiger partial charge on any atom is -0.374 e. The molecule has 0 N–H and O–H groups in total. The van der Waals surface area contributed by atoms with Gasteiger partial charge in [0.2, 0.25) is 5.91 Å². The fourth-order valence-corrected chi connectivity index (χ4v) is 4.41. The fraction of sp³-hybridized carbons (Fsp3) is 0.667. The van der Waals surface area contributed by atoms with Gasteiger partial charge in [-0.2, -0.15) is 0 Å². The van der Waals surface area contributed by atoms with Crippen LogP contribution in [0.1, 0.15) is 37.7 Å². The Morgan fingerprint density at radius 1 is 1.04 bits per heavy atom. The summed E-state index contributed by atoms with van der Waals surface area (Å²) in [5.74, 6) is 1.29. The Morgan fingerprint density at radius 2 is 1.80 bits per heavy atom. The molecule has 1 amide bonds. The van der Waals surface area contributed by atoms with Gasteiger partial charge in [-0.05, 0) is 50.3 Å². The molecule has 1 aliphatic carbocycles. The van der Waals surface area contributed by atoms with Gasteiger partial charge in [-0.25, -0.2) is 0 Å². The lowest BCUT2D eigenvalue weighted by Crippen LogP contribution is -2.52. The molecule has 3 fully saturated rings. The maximum absolute atomic E-state index is 12.9. The molecule has 1 atom stereocenters.